The molecule has 0 unspecified atom stereocenters. The van der Waals surface area contributed by atoms with Crippen LogP contribution in [0.3, 0.4) is 0 Å². The zero-order chi connectivity index (χ0) is 17.7. The Kier molecular flexibility index (Phi) is 5.68. The van der Waals surface area contributed by atoms with Gasteiger partial charge >= 0.3 is 5.97 Å². The number of hydrogen-bond acceptors (Lipinski definition) is 4. The first-order valence-corrected chi connectivity index (χ1v) is 7.83. The van der Waals surface area contributed by atoms with Gasteiger partial charge in [-0.15, -0.1) is 0 Å². The van der Waals surface area contributed by atoms with Crippen LogP contribution in [0.1, 0.15) is 51.0 Å². The van der Waals surface area contributed by atoms with Crippen molar-refractivity contribution in [1.82, 2.24) is 4.98 Å². The van der Waals surface area contributed by atoms with Crippen molar-refractivity contribution in [2.45, 2.75) is 33.6 Å². The van der Waals surface area contributed by atoms with Crippen molar-refractivity contribution in [1.29, 1.82) is 0 Å². The summed E-state index contributed by atoms with van der Waals surface area (Å²) < 4.78 is 5.05. The van der Waals surface area contributed by atoms with E-state index in [-0.39, 0.29) is 24.6 Å². The fourth-order valence-electron chi connectivity index (χ4n) is 2.74. The molecule has 2 aromatic rings. The molecule has 0 fully saturated rings. The Bertz CT molecular complexity index is 759. The molecule has 0 saturated carbocycles. The van der Waals surface area contributed by atoms with Gasteiger partial charge in [0.25, 0.3) is 0 Å². The standard InChI is InChI=1S/C19H21NO4/c1-12-18(14(3)21)13(2)20-19(12)16(22)11-24-17(23)10-9-15-7-5-4-6-8-15/h4-8,20H,9-11H2,1-3H3. The van der Waals surface area contributed by atoms with Gasteiger partial charge in [0.15, 0.2) is 12.4 Å². The Labute approximate surface area is 141 Å². The number of carbonyl (C=O) groups is 3. The average molecular weight is 327 g/mol. The number of ketones is 2. The van der Waals surface area contributed by atoms with Crippen LogP contribution in [0.2, 0.25) is 0 Å². The fourth-order valence-corrected chi connectivity index (χ4v) is 2.74. The average Bonchev–Trinajstić information content (AvgIpc) is 2.86. The summed E-state index contributed by atoms with van der Waals surface area (Å²) in [6, 6.07) is 9.61. The van der Waals surface area contributed by atoms with Crippen LogP contribution in [0.15, 0.2) is 30.3 Å². The summed E-state index contributed by atoms with van der Waals surface area (Å²) in [6.45, 7) is 4.59. The number of nitrogens with one attached hydrogen (secondary N) is 1. The number of aromatic amines is 1. The highest BCUT2D eigenvalue weighted by molar-refractivity contribution is 6.04. The number of aryl methyl sites for hydroxylation is 2. The van der Waals surface area contributed by atoms with Crippen LogP contribution < -0.4 is 0 Å². The number of Topliss-reactive ketones (excluding diaryl/α,β-unsaturated/α-hetero) is 2. The van der Waals surface area contributed by atoms with E-state index < -0.39 is 5.97 Å². The first-order chi connectivity index (χ1) is 11.4. The summed E-state index contributed by atoms with van der Waals surface area (Å²) >= 11 is 0. The second-order valence-electron chi connectivity index (χ2n) is 5.75. The van der Waals surface area contributed by atoms with E-state index in [1.165, 1.54) is 6.92 Å². The van der Waals surface area contributed by atoms with Gasteiger partial charge in [0, 0.05) is 17.7 Å². The van der Waals surface area contributed by atoms with Gasteiger partial charge in [0.05, 0.1) is 5.69 Å². The smallest absolute Gasteiger partial charge is 0.306 e. The van der Waals surface area contributed by atoms with E-state index in [4.69, 9.17) is 4.74 Å². The molecule has 0 spiro atoms. The van der Waals surface area contributed by atoms with Crippen LogP contribution in [-0.4, -0.2) is 29.1 Å². The third-order valence-electron chi connectivity index (χ3n) is 3.89. The van der Waals surface area contributed by atoms with E-state index in [0.717, 1.165) is 5.56 Å². The first kappa shape index (κ1) is 17.7. The van der Waals surface area contributed by atoms with E-state index in [0.29, 0.717) is 28.9 Å². The second kappa shape index (κ2) is 7.73. The number of esters is 1. The van der Waals surface area contributed by atoms with E-state index >= 15 is 0 Å². The molecule has 0 aliphatic rings. The zero-order valence-corrected chi connectivity index (χ0v) is 14.1. The molecule has 1 aromatic carbocycles. The van der Waals surface area contributed by atoms with Crippen LogP contribution in [0.4, 0.5) is 0 Å². The van der Waals surface area contributed by atoms with Crippen LogP contribution in [0, 0.1) is 13.8 Å². The minimum atomic E-state index is -0.417. The lowest BCUT2D eigenvalue weighted by molar-refractivity contribution is -0.142. The van der Waals surface area contributed by atoms with Gasteiger partial charge in [-0.3, -0.25) is 14.4 Å². The lowest BCUT2D eigenvalue weighted by Gasteiger charge is -2.05. The van der Waals surface area contributed by atoms with Crippen molar-refractivity contribution in [2.24, 2.45) is 0 Å². The van der Waals surface area contributed by atoms with Gasteiger partial charge < -0.3 is 9.72 Å². The van der Waals surface area contributed by atoms with Gasteiger partial charge in [0.1, 0.15) is 0 Å². The lowest BCUT2D eigenvalue weighted by atomic mass is 10.1. The summed E-state index contributed by atoms with van der Waals surface area (Å²) in [7, 11) is 0. The van der Waals surface area contributed by atoms with Crippen LogP contribution in [0.25, 0.3) is 0 Å². The molecule has 1 heterocycles. The third-order valence-corrected chi connectivity index (χ3v) is 3.89. The van der Waals surface area contributed by atoms with Crippen molar-refractivity contribution >= 4 is 17.5 Å². The second-order valence-corrected chi connectivity index (χ2v) is 5.75. The summed E-state index contributed by atoms with van der Waals surface area (Å²) in [4.78, 5) is 38.5. The molecule has 24 heavy (non-hydrogen) atoms. The molecule has 0 aliphatic carbocycles. The molecule has 0 saturated heterocycles. The Balaban J connectivity index is 1.90. The van der Waals surface area contributed by atoms with Crippen LogP contribution in [0.5, 0.6) is 0 Å². The number of ether oxygens (including phenoxy) is 1. The number of rotatable bonds is 7. The molecular weight excluding hydrogens is 306 g/mol. The molecule has 0 radical (unpaired) electrons. The molecule has 1 aromatic heterocycles. The Morgan fingerprint density at radius 2 is 1.75 bits per heavy atom. The number of benzene rings is 1. The molecule has 1 N–H and O–H groups in total. The van der Waals surface area contributed by atoms with Gasteiger partial charge in [-0.2, -0.15) is 0 Å². The summed E-state index contributed by atoms with van der Waals surface area (Å²) in [6.07, 6.45) is 0.793. The highest BCUT2D eigenvalue weighted by atomic mass is 16.5. The Morgan fingerprint density at radius 1 is 1.08 bits per heavy atom. The first-order valence-electron chi connectivity index (χ1n) is 7.83. The van der Waals surface area contributed by atoms with Crippen LogP contribution >= 0.6 is 0 Å². The van der Waals surface area contributed by atoms with Crippen molar-refractivity contribution < 1.29 is 19.1 Å². The molecule has 126 valence electrons. The molecule has 0 atom stereocenters. The topological polar surface area (TPSA) is 76.2 Å². The molecule has 5 heteroatoms. The lowest BCUT2D eigenvalue weighted by Crippen LogP contribution is -2.15. The quantitative estimate of drug-likeness (QED) is 0.626. The highest BCUT2D eigenvalue weighted by Gasteiger charge is 2.20. The number of H-pyrrole nitrogens is 1. The van der Waals surface area contributed by atoms with Crippen molar-refractivity contribution in [3.63, 3.8) is 0 Å². The molecule has 0 amide bonds. The van der Waals surface area contributed by atoms with E-state index in [2.05, 4.69) is 4.98 Å². The maximum atomic E-state index is 12.2. The van der Waals surface area contributed by atoms with Gasteiger partial charge in [-0.25, -0.2) is 0 Å². The van der Waals surface area contributed by atoms with Crippen molar-refractivity contribution in [3.8, 4) is 0 Å². The van der Waals surface area contributed by atoms with Gasteiger partial charge in [-0.05, 0) is 38.3 Å². The van der Waals surface area contributed by atoms with E-state index in [9.17, 15) is 14.4 Å². The number of hydrogen-bond donors (Lipinski definition) is 1. The highest BCUT2D eigenvalue weighted by Crippen LogP contribution is 2.19. The molecule has 0 aliphatic heterocycles. The van der Waals surface area contributed by atoms with Crippen molar-refractivity contribution in [2.75, 3.05) is 6.61 Å². The Morgan fingerprint density at radius 3 is 2.33 bits per heavy atom. The Hall–Kier alpha value is -2.69. The summed E-state index contributed by atoms with van der Waals surface area (Å²) in [5, 5.41) is 0. The van der Waals surface area contributed by atoms with Crippen LogP contribution in [-0.2, 0) is 16.0 Å². The van der Waals surface area contributed by atoms with E-state index in [1.807, 2.05) is 30.3 Å². The predicted molar refractivity (Wildman–Crippen MR) is 90.3 cm³/mol. The molecule has 0 bridgehead atoms. The summed E-state index contributed by atoms with van der Waals surface area (Å²) in [5.41, 5.74) is 3.15. The normalized spacial score (nSPS) is 10.5. The SMILES string of the molecule is CC(=O)c1c(C)[nH]c(C(=O)COC(=O)CCc2ccccc2)c1C. The minimum absolute atomic E-state index is 0.0971. The monoisotopic (exact) mass is 327 g/mol. The molecule has 2 rings (SSSR count). The molecular formula is C19H21NO4. The van der Waals surface area contributed by atoms with Gasteiger partial charge in [-0.1, -0.05) is 30.3 Å². The van der Waals surface area contributed by atoms with E-state index in [1.54, 1.807) is 13.8 Å². The van der Waals surface area contributed by atoms with Crippen molar-refractivity contribution in [3.05, 3.63) is 58.4 Å². The maximum absolute atomic E-state index is 12.2. The van der Waals surface area contributed by atoms with Gasteiger partial charge in [0.2, 0.25) is 5.78 Å². The third kappa shape index (κ3) is 4.19. The zero-order valence-electron chi connectivity index (χ0n) is 14.1. The molecule has 5 nitrogen and oxygen atoms in total. The minimum Gasteiger partial charge on any atom is -0.457 e. The number of aromatic nitrogens is 1. The summed E-state index contributed by atoms with van der Waals surface area (Å²) in [5.74, 6) is -0.851. The number of carbonyl (C=O) groups excluding carboxylic acids is 3. The largest absolute Gasteiger partial charge is 0.457 e. The predicted octanol–water partition coefficient (Wildman–Crippen LogP) is 3.19. The fraction of sp³-hybridized carbons (Fsp3) is 0.316. The maximum Gasteiger partial charge on any atom is 0.306 e.